The molecule has 2 heterocycles. The van der Waals surface area contributed by atoms with Gasteiger partial charge in [0.2, 0.25) is 0 Å². The molecule has 0 radical (unpaired) electrons. The average Bonchev–Trinajstić information content (AvgIpc) is 3.15. The first kappa shape index (κ1) is 14.7. The first-order chi connectivity index (χ1) is 11.7. The third kappa shape index (κ3) is 2.60. The summed E-state index contributed by atoms with van der Waals surface area (Å²) in [4.78, 5) is 18.6. The molecule has 0 amide bonds. The van der Waals surface area contributed by atoms with E-state index in [-0.39, 0.29) is 0 Å². The molecule has 24 heavy (non-hydrogen) atoms. The first-order valence-corrected chi connectivity index (χ1v) is 8.21. The predicted octanol–water partition coefficient (Wildman–Crippen LogP) is 4.20. The van der Waals surface area contributed by atoms with E-state index >= 15 is 0 Å². The molecule has 4 rings (SSSR count). The lowest BCUT2D eigenvalue weighted by atomic mass is 10.0. The summed E-state index contributed by atoms with van der Waals surface area (Å²) in [5.74, 6) is -0.927. The lowest BCUT2D eigenvalue weighted by Crippen LogP contribution is -2.17. The van der Waals surface area contributed by atoms with Crippen LogP contribution in [-0.2, 0) is 0 Å². The fraction of sp³-hybridized carbons (Fsp3) is 0.200. The summed E-state index contributed by atoms with van der Waals surface area (Å²) in [7, 11) is 0. The Morgan fingerprint density at radius 3 is 2.42 bits per heavy atom. The Kier molecular flexibility index (Phi) is 3.65. The predicted molar refractivity (Wildman–Crippen MR) is 95.6 cm³/mol. The molecule has 4 nitrogen and oxygen atoms in total. The lowest BCUT2D eigenvalue weighted by molar-refractivity contribution is 0.0699. The van der Waals surface area contributed by atoms with Crippen molar-refractivity contribution in [2.45, 2.75) is 12.8 Å². The molecule has 2 aromatic carbocycles. The normalized spacial score (nSPS) is 14.2. The molecule has 1 saturated heterocycles. The summed E-state index contributed by atoms with van der Waals surface area (Å²) in [6.07, 6.45) is 2.49. The van der Waals surface area contributed by atoms with E-state index in [1.54, 1.807) is 12.1 Å². The highest BCUT2D eigenvalue weighted by atomic mass is 16.4. The van der Waals surface area contributed by atoms with Crippen molar-refractivity contribution in [3.63, 3.8) is 0 Å². The fourth-order valence-electron chi connectivity index (χ4n) is 3.32. The molecule has 1 aromatic heterocycles. The monoisotopic (exact) mass is 318 g/mol. The highest BCUT2D eigenvalue weighted by Gasteiger charge is 2.14. The van der Waals surface area contributed by atoms with Gasteiger partial charge in [0.25, 0.3) is 0 Å². The van der Waals surface area contributed by atoms with Crippen LogP contribution in [0.1, 0.15) is 23.2 Å². The molecule has 3 aromatic rings. The maximum Gasteiger partial charge on any atom is 0.336 e. The van der Waals surface area contributed by atoms with Crippen LogP contribution in [0.4, 0.5) is 5.69 Å². The van der Waals surface area contributed by atoms with E-state index < -0.39 is 5.97 Å². The number of hydrogen-bond donors (Lipinski definition) is 1. The molecule has 0 unspecified atom stereocenters. The largest absolute Gasteiger partial charge is 0.478 e. The van der Waals surface area contributed by atoms with Gasteiger partial charge in [0.05, 0.1) is 16.8 Å². The number of aromatic nitrogens is 1. The van der Waals surface area contributed by atoms with E-state index in [0.29, 0.717) is 22.2 Å². The Bertz CT molecular complexity index is 897. The molecule has 0 atom stereocenters. The second kappa shape index (κ2) is 5.96. The minimum Gasteiger partial charge on any atom is -0.478 e. The Hall–Kier alpha value is -2.88. The Balaban J connectivity index is 1.77. The molecule has 1 aliphatic heterocycles. The molecule has 0 bridgehead atoms. The third-order valence-electron chi connectivity index (χ3n) is 4.58. The van der Waals surface area contributed by atoms with E-state index in [4.69, 9.17) is 0 Å². The van der Waals surface area contributed by atoms with Gasteiger partial charge in [-0.2, -0.15) is 0 Å². The van der Waals surface area contributed by atoms with Crippen molar-refractivity contribution in [1.29, 1.82) is 0 Å². The fourth-order valence-corrected chi connectivity index (χ4v) is 3.32. The minimum absolute atomic E-state index is 0.291. The van der Waals surface area contributed by atoms with Gasteiger partial charge in [-0.05, 0) is 37.1 Å². The van der Waals surface area contributed by atoms with Crippen molar-refractivity contribution in [2.75, 3.05) is 18.0 Å². The second-order valence-corrected chi connectivity index (χ2v) is 6.12. The highest BCUT2D eigenvalue weighted by Crippen LogP contribution is 2.27. The number of carbonyl (C=O) groups is 1. The number of rotatable bonds is 3. The number of carboxylic acids is 1. The maximum absolute atomic E-state index is 11.6. The Morgan fingerprint density at radius 1 is 1.00 bits per heavy atom. The van der Waals surface area contributed by atoms with Crippen LogP contribution in [0.5, 0.6) is 0 Å². The van der Waals surface area contributed by atoms with Crippen molar-refractivity contribution >= 4 is 22.6 Å². The number of para-hydroxylation sites is 1. The minimum atomic E-state index is -0.927. The van der Waals surface area contributed by atoms with Gasteiger partial charge in [-0.1, -0.05) is 30.3 Å². The number of fused-ring (bicyclic) bond motifs is 1. The zero-order valence-electron chi connectivity index (χ0n) is 13.3. The van der Waals surface area contributed by atoms with Crippen LogP contribution in [0.3, 0.4) is 0 Å². The highest BCUT2D eigenvalue weighted by molar-refractivity contribution is 6.03. The summed E-state index contributed by atoms with van der Waals surface area (Å²) in [5.41, 5.74) is 3.84. The first-order valence-electron chi connectivity index (χ1n) is 8.21. The van der Waals surface area contributed by atoms with E-state index in [2.05, 4.69) is 22.0 Å². The summed E-state index contributed by atoms with van der Waals surface area (Å²) in [6.45, 7) is 2.22. The zero-order valence-corrected chi connectivity index (χ0v) is 13.3. The molecule has 120 valence electrons. The van der Waals surface area contributed by atoms with Crippen molar-refractivity contribution in [3.05, 3.63) is 60.2 Å². The number of hydrogen-bond acceptors (Lipinski definition) is 3. The van der Waals surface area contributed by atoms with Crippen LogP contribution >= 0.6 is 0 Å². The van der Waals surface area contributed by atoms with Crippen molar-refractivity contribution in [1.82, 2.24) is 4.98 Å². The molecule has 0 spiro atoms. The smallest absolute Gasteiger partial charge is 0.336 e. The summed E-state index contributed by atoms with van der Waals surface area (Å²) in [5, 5.41) is 10.2. The van der Waals surface area contributed by atoms with E-state index in [9.17, 15) is 9.90 Å². The summed E-state index contributed by atoms with van der Waals surface area (Å²) < 4.78 is 0. The van der Waals surface area contributed by atoms with Crippen LogP contribution in [0.25, 0.3) is 22.2 Å². The topological polar surface area (TPSA) is 53.4 Å². The SMILES string of the molecule is O=C(O)c1cc(-c2ccc(N3CCCC3)cc2)nc2ccccc12. The van der Waals surface area contributed by atoms with Gasteiger partial charge in [0.1, 0.15) is 0 Å². The second-order valence-electron chi connectivity index (χ2n) is 6.12. The van der Waals surface area contributed by atoms with Gasteiger partial charge in [0, 0.05) is 29.7 Å². The van der Waals surface area contributed by atoms with Gasteiger partial charge >= 0.3 is 5.97 Å². The Morgan fingerprint density at radius 2 is 1.71 bits per heavy atom. The third-order valence-corrected chi connectivity index (χ3v) is 4.58. The molecule has 1 aliphatic rings. The summed E-state index contributed by atoms with van der Waals surface area (Å²) in [6, 6.07) is 17.3. The standard InChI is InChI=1S/C20H18N2O2/c23-20(24)17-13-19(21-18-6-2-1-5-16(17)18)14-7-9-15(10-8-14)22-11-3-4-12-22/h1-2,5-10,13H,3-4,11-12H2,(H,23,24). The molecular weight excluding hydrogens is 300 g/mol. The number of benzene rings is 2. The quantitative estimate of drug-likeness (QED) is 0.786. The van der Waals surface area contributed by atoms with Crippen molar-refractivity contribution in [3.8, 4) is 11.3 Å². The number of carboxylic acid groups (broad SMARTS) is 1. The van der Waals surface area contributed by atoms with Crippen molar-refractivity contribution < 1.29 is 9.90 Å². The average molecular weight is 318 g/mol. The molecule has 4 heteroatoms. The Labute approximate surface area is 140 Å². The van der Waals surface area contributed by atoms with Crippen LogP contribution in [0.2, 0.25) is 0 Å². The van der Waals surface area contributed by atoms with Gasteiger partial charge in [-0.3, -0.25) is 0 Å². The number of anilines is 1. The van der Waals surface area contributed by atoms with E-state index in [0.717, 1.165) is 18.7 Å². The van der Waals surface area contributed by atoms with Gasteiger partial charge < -0.3 is 10.0 Å². The van der Waals surface area contributed by atoms with Crippen LogP contribution < -0.4 is 4.90 Å². The van der Waals surface area contributed by atoms with Crippen LogP contribution in [-0.4, -0.2) is 29.1 Å². The maximum atomic E-state index is 11.6. The molecule has 1 fully saturated rings. The van der Waals surface area contributed by atoms with Gasteiger partial charge in [-0.15, -0.1) is 0 Å². The molecule has 0 aliphatic carbocycles. The van der Waals surface area contributed by atoms with Gasteiger partial charge in [-0.25, -0.2) is 9.78 Å². The van der Waals surface area contributed by atoms with E-state index in [1.165, 1.54) is 18.5 Å². The summed E-state index contributed by atoms with van der Waals surface area (Å²) >= 11 is 0. The number of pyridine rings is 1. The number of aromatic carboxylic acids is 1. The van der Waals surface area contributed by atoms with E-state index in [1.807, 2.05) is 30.3 Å². The zero-order chi connectivity index (χ0) is 16.5. The molecular formula is C20H18N2O2. The van der Waals surface area contributed by atoms with Crippen molar-refractivity contribution in [2.24, 2.45) is 0 Å². The van der Waals surface area contributed by atoms with Gasteiger partial charge in [0.15, 0.2) is 0 Å². The van der Waals surface area contributed by atoms with Crippen LogP contribution in [0.15, 0.2) is 54.6 Å². The number of nitrogens with zero attached hydrogens (tertiary/aromatic N) is 2. The van der Waals surface area contributed by atoms with Crippen LogP contribution in [0, 0.1) is 0 Å². The molecule has 0 saturated carbocycles. The molecule has 1 N–H and O–H groups in total. The lowest BCUT2D eigenvalue weighted by Gasteiger charge is -2.17.